The van der Waals surface area contributed by atoms with E-state index in [9.17, 15) is 13.5 Å². The molecule has 2 N–H and O–H groups in total. The van der Waals surface area contributed by atoms with Crippen molar-refractivity contribution < 1.29 is 13.5 Å². The first-order chi connectivity index (χ1) is 8.92. The Bertz CT molecular complexity index is 371. The highest BCUT2D eigenvalue weighted by Crippen LogP contribution is 2.33. The van der Waals surface area contributed by atoms with E-state index in [0.717, 1.165) is 31.6 Å². The van der Waals surface area contributed by atoms with Gasteiger partial charge in [-0.2, -0.15) is 0 Å². The van der Waals surface area contributed by atoms with E-state index < -0.39 is 15.4 Å². The fraction of sp³-hybridized carbons (Fsp3) is 1.00. The van der Waals surface area contributed by atoms with Crippen molar-refractivity contribution in [2.75, 3.05) is 18.1 Å². The Balaban J connectivity index is 1.74. The van der Waals surface area contributed by atoms with Crippen LogP contribution in [0, 0.1) is 5.92 Å². The van der Waals surface area contributed by atoms with Gasteiger partial charge in [-0.3, -0.25) is 0 Å². The molecule has 0 aromatic rings. The molecule has 19 heavy (non-hydrogen) atoms. The Morgan fingerprint density at radius 1 is 1.16 bits per heavy atom. The van der Waals surface area contributed by atoms with E-state index in [4.69, 9.17) is 0 Å². The highest BCUT2D eigenvalue weighted by Gasteiger charge is 2.33. The van der Waals surface area contributed by atoms with Gasteiger partial charge in [0.05, 0.1) is 17.1 Å². The number of aliphatic hydroxyl groups is 1. The molecule has 0 unspecified atom stereocenters. The maximum atomic E-state index is 11.4. The average molecular weight is 289 g/mol. The molecule has 0 spiro atoms. The largest absolute Gasteiger partial charge is 0.389 e. The van der Waals surface area contributed by atoms with Crippen molar-refractivity contribution in [3.8, 4) is 0 Å². The third-order valence-electron chi connectivity index (χ3n) is 4.89. The predicted molar refractivity (Wildman–Crippen MR) is 76.9 cm³/mol. The molecule has 5 heteroatoms. The van der Waals surface area contributed by atoms with Crippen LogP contribution in [0.3, 0.4) is 0 Å². The molecular weight excluding hydrogens is 262 g/mol. The average Bonchev–Trinajstić information content (AvgIpc) is 2.39. The summed E-state index contributed by atoms with van der Waals surface area (Å²) >= 11 is 0. The Hall–Kier alpha value is -0.130. The summed E-state index contributed by atoms with van der Waals surface area (Å²) in [6.07, 6.45) is 6.59. The van der Waals surface area contributed by atoms with E-state index in [2.05, 4.69) is 12.2 Å². The van der Waals surface area contributed by atoms with Crippen molar-refractivity contribution >= 4 is 9.84 Å². The second-order valence-electron chi connectivity index (χ2n) is 6.38. The molecule has 1 saturated heterocycles. The van der Waals surface area contributed by atoms with Crippen molar-refractivity contribution in [2.45, 2.75) is 63.5 Å². The lowest BCUT2D eigenvalue weighted by atomic mass is 9.77. The standard InChI is InChI=1S/C14H27NO3S/c1-2-12-3-7-14(16,8-4-12)11-15-13-5-9-19(17,18)10-6-13/h12-13,15-16H,2-11H2,1H3. The zero-order chi connectivity index (χ0) is 13.9. The van der Waals surface area contributed by atoms with Crippen molar-refractivity contribution in [3.05, 3.63) is 0 Å². The molecule has 2 fully saturated rings. The van der Waals surface area contributed by atoms with E-state index in [-0.39, 0.29) is 6.04 Å². The molecule has 1 saturated carbocycles. The highest BCUT2D eigenvalue weighted by atomic mass is 32.2. The van der Waals surface area contributed by atoms with Gasteiger partial charge in [0.25, 0.3) is 0 Å². The zero-order valence-electron chi connectivity index (χ0n) is 11.9. The van der Waals surface area contributed by atoms with Gasteiger partial charge in [-0.1, -0.05) is 13.3 Å². The van der Waals surface area contributed by atoms with Gasteiger partial charge < -0.3 is 10.4 Å². The summed E-state index contributed by atoms with van der Waals surface area (Å²) in [4.78, 5) is 0. The molecule has 1 aliphatic heterocycles. The van der Waals surface area contributed by atoms with E-state index in [1.54, 1.807) is 0 Å². The van der Waals surface area contributed by atoms with Crippen molar-refractivity contribution in [1.29, 1.82) is 0 Å². The van der Waals surface area contributed by atoms with Crippen LogP contribution in [0.15, 0.2) is 0 Å². The first-order valence-corrected chi connectivity index (χ1v) is 9.41. The van der Waals surface area contributed by atoms with Crippen molar-refractivity contribution in [2.24, 2.45) is 5.92 Å². The second kappa shape index (κ2) is 6.10. The first kappa shape index (κ1) is 15.3. The lowest BCUT2D eigenvalue weighted by Gasteiger charge is -2.37. The van der Waals surface area contributed by atoms with Gasteiger partial charge >= 0.3 is 0 Å². The highest BCUT2D eigenvalue weighted by molar-refractivity contribution is 7.91. The quantitative estimate of drug-likeness (QED) is 0.823. The summed E-state index contributed by atoms with van der Waals surface area (Å²) in [7, 11) is -2.79. The number of nitrogens with one attached hydrogen (secondary N) is 1. The Morgan fingerprint density at radius 3 is 2.26 bits per heavy atom. The minimum atomic E-state index is -2.79. The normalized spacial score (nSPS) is 36.2. The molecule has 0 bridgehead atoms. The molecule has 1 aliphatic carbocycles. The fourth-order valence-electron chi connectivity index (χ4n) is 3.23. The minimum absolute atomic E-state index is 0.261. The van der Waals surface area contributed by atoms with Crippen LogP contribution in [-0.4, -0.2) is 43.2 Å². The third-order valence-corrected chi connectivity index (χ3v) is 6.60. The monoisotopic (exact) mass is 289 g/mol. The van der Waals surface area contributed by atoms with Gasteiger partial charge in [0.1, 0.15) is 9.84 Å². The van der Waals surface area contributed by atoms with Gasteiger partial charge in [0.2, 0.25) is 0 Å². The van der Waals surface area contributed by atoms with Gasteiger partial charge in [-0.15, -0.1) is 0 Å². The Morgan fingerprint density at radius 2 is 1.74 bits per heavy atom. The molecule has 0 radical (unpaired) electrons. The molecule has 0 aromatic carbocycles. The van der Waals surface area contributed by atoms with Crippen LogP contribution >= 0.6 is 0 Å². The molecule has 1 heterocycles. The summed E-state index contributed by atoms with van der Waals surface area (Å²) in [5.41, 5.74) is -0.567. The Labute approximate surface area is 116 Å². The maximum Gasteiger partial charge on any atom is 0.150 e. The van der Waals surface area contributed by atoms with E-state index >= 15 is 0 Å². The van der Waals surface area contributed by atoms with Gasteiger partial charge in [-0.05, 0) is 44.4 Å². The lowest BCUT2D eigenvalue weighted by Crippen LogP contribution is -2.48. The summed E-state index contributed by atoms with van der Waals surface area (Å²) in [5.74, 6) is 1.36. The molecule has 112 valence electrons. The Kier molecular flexibility index (Phi) is 4.90. The zero-order valence-corrected chi connectivity index (χ0v) is 12.7. The van der Waals surface area contributed by atoms with E-state index in [1.807, 2.05) is 0 Å². The third kappa shape index (κ3) is 4.43. The summed E-state index contributed by atoms with van der Waals surface area (Å²) in [6, 6.07) is 0.261. The van der Waals surface area contributed by atoms with Crippen LogP contribution in [-0.2, 0) is 9.84 Å². The SMILES string of the molecule is CCC1CCC(O)(CNC2CCS(=O)(=O)CC2)CC1. The molecule has 0 aromatic heterocycles. The van der Waals surface area contributed by atoms with E-state index in [0.29, 0.717) is 30.9 Å². The van der Waals surface area contributed by atoms with Crippen LogP contribution in [0.1, 0.15) is 51.9 Å². The van der Waals surface area contributed by atoms with Gasteiger partial charge in [-0.25, -0.2) is 8.42 Å². The van der Waals surface area contributed by atoms with E-state index in [1.165, 1.54) is 6.42 Å². The van der Waals surface area contributed by atoms with Crippen LogP contribution in [0.4, 0.5) is 0 Å². The molecule has 4 nitrogen and oxygen atoms in total. The maximum absolute atomic E-state index is 11.4. The second-order valence-corrected chi connectivity index (χ2v) is 8.69. The van der Waals surface area contributed by atoms with Gasteiger partial charge in [0, 0.05) is 12.6 Å². The van der Waals surface area contributed by atoms with Crippen molar-refractivity contribution in [3.63, 3.8) is 0 Å². The molecule has 2 aliphatic rings. The minimum Gasteiger partial charge on any atom is -0.389 e. The summed E-state index contributed by atoms with van der Waals surface area (Å²) in [6.45, 7) is 2.84. The van der Waals surface area contributed by atoms with Crippen LogP contribution in [0.2, 0.25) is 0 Å². The van der Waals surface area contributed by atoms with Crippen LogP contribution < -0.4 is 5.32 Å². The fourth-order valence-corrected chi connectivity index (χ4v) is 4.72. The topological polar surface area (TPSA) is 66.4 Å². The number of rotatable bonds is 4. The first-order valence-electron chi connectivity index (χ1n) is 7.59. The summed E-state index contributed by atoms with van der Waals surface area (Å²) in [5, 5.41) is 13.9. The predicted octanol–water partition coefficient (Wildman–Crippen LogP) is 1.48. The van der Waals surface area contributed by atoms with Crippen molar-refractivity contribution in [1.82, 2.24) is 5.32 Å². The number of hydrogen-bond acceptors (Lipinski definition) is 4. The molecule has 0 atom stereocenters. The summed E-state index contributed by atoms with van der Waals surface area (Å²) < 4.78 is 22.7. The smallest absolute Gasteiger partial charge is 0.150 e. The van der Waals surface area contributed by atoms with Crippen LogP contribution in [0.5, 0.6) is 0 Å². The van der Waals surface area contributed by atoms with Gasteiger partial charge in [0.15, 0.2) is 0 Å². The molecule has 0 amide bonds. The molecular formula is C14H27NO3S. The lowest BCUT2D eigenvalue weighted by molar-refractivity contribution is -0.0108. The number of sulfone groups is 1. The van der Waals surface area contributed by atoms with Crippen LogP contribution in [0.25, 0.3) is 0 Å². The number of hydrogen-bond donors (Lipinski definition) is 2. The molecule has 2 rings (SSSR count).